The van der Waals surface area contributed by atoms with E-state index in [0.29, 0.717) is 12.1 Å². The van der Waals surface area contributed by atoms with Gasteiger partial charge in [0.1, 0.15) is 0 Å². The Labute approximate surface area is 87.4 Å². The summed E-state index contributed by atoms with van der Waals surface area (Å²) in [6, 6.07) is 0.636. The van der Waals surface area contributed by atoms with Crippen molar-refractivity contribution < 1.29 is 4.74 Å². The van der Waals surface area contributed by atoms with Gasteiger partial charge >= 0.3 is 0 Å². The predicted molar refractivity (Wildman–Crippen MR) is 58.4 cm³/mol. The van der Waals surface area contributed by atoms with E-state index in [2.05, 4.69) is 19.2 Å². The molecule has 2 unspecified atom stereocenters. The van der Waals surface area contributed by atoms with Crippen molar-refractivity contribution in [3.63, 3.8) is 0 Å². The molecule has 2 rings (SSSR count). The summed E-state index contributed by atoms with van der Waals surface area (Å²) < 4.78 is 6.02. The van der Waals surface area contributed by atoms with Crippen LogP contribution in [0.2, 0.25) is 0 Å². The molecule has 2 atom stereocenters. The second-order valence-corrected chi connectivity index (χ2v) is 4.87. The van der Waals surface area contributed by atoms with Gasteiger partial charge in [0.05, 0.1) is 12.7 Å². The zero-order valence-corrected chi connectivity index (χ0v) is 9.51. The third-order valence-corrected chi connectivity index (χ3v) is 4.12. The van der Waals surface area contributed by atoms with Crippen molar-refractivity contribution in [2.24, 2.45) is 0 Å². The molecule has 1 heterocycles. The summed E-state index contributed by atoms with van der Waals surface area (Å²) in [5.41, 5.74) is 0.276. The maximum Gasteiger partial charge on any atom is 0.0729 e. The van der Waals surface area contributed by atoms with E-state index in [0.717, 1.165) is 6.61 Å². The van der Waals surface area contributed by atoms with Gasteiger partial charge in [-0.1, -0.05) is 26.7 Å². The highest BCUT2D eigenvalue weighted by atomic mass is 16.5. The number of morpholine rings is 1. The number of ether oxygens (including phenoxy) is 1. The Morgan fingerprint density at radius 1 is 1.21 bits per heavy atom. The number of hydrogen-bond donors (Lipinski definition) is 1. The van der Waals surface area contributed by atoms with Gasteiger partial charge in [0.25, 0.3) is 0 Å². The van der Waals surface area contributed by atoms with Crippen LogP contribution >= 0.6 is 0 Å². The van der Waals surface area contributed by atoms with Crippen LogP contribution < -0.4 is 5.32 Å². The monoisotopic (exact) mass is 197 g/mol. The number of hydrogen-bond acceptors (Lipinski definition) is 2. The standard InChI is InChI=1S/C12H23NO/c1-3-12(4-2)9-14-11-8-6-5-7-10(11)13-12/h10-11,13H,3-9H2,1-2H3. The largest absolute Gasteiger partial charge is 0.375 e. The third-order valence-electron chi connectivity index (χ3n) is 4.12. The predicted octanol–water partition coefficient (Wildman–Crippen LogP) is 2.48. The molecule has 0 spiro atoms. The highest BCUT2D eigenvalue weighted by Crippen LogP contribution is 2.30. The van der Waals surface area contributed by atoms with Crippen molar-refractivity contribution in [1.82, 2.24) is 5.32 Å². The molecule has 0 radical (unpaired) electrons. The lowest BCUT2D eigenvalue weighted by atomic mass is 9.84. The smallest absolute Gasteiger partial charge is 0.0729 e. The first-order valence-electron chi connectivity index (χ1n) is 6.19. The van der Waals surface area contributed by atoms with Crippen molar-refractivity contribution >= 4 is 0 Å². The molecule has 2 nitrogen and oxygen atoms in total. The lowest BCUT2D eigenvalue weighted by Crippen LogP contribution is -2.62. The molecule has 1 N–H and O–H groups in total. The summed E-state index contributed by atoms with van der Waals surface area (Å²) in [5, 5.41) is 3.84. The van der Waals surface area contributed by atoms with Crippen LogP contribution in [0.15, 0.2) is 0 Å². The molecule has 1 aliphatic carbocycles. The fourth-order valence-corrected chi connectivity index (χ4v) is 2.82. The summed E-state index contributed by atoms with van der Waals surface area (Å²) in [7, 11) is 0. The first-order chi connectivity index (χ1) is 6.79. The molecule has 0 aromatic heterocycles. The Morgan fingerprint density at radius 3 is 2.64 bits per heavy atom. The van der Waals surface area contributed by atoms with Crippen LogP contribution in [0, 0.1) is 0 Å². The summed E-state index contributed by atoms with van der Waals surface area (Å²) in [6.07, 6.45) is 8.19. The zero-order chi connectivity index (χ0) is 10.0. The van der Waals surface area contributed by atoms with E-state index in [-0.39, 0.29) is 5.54 Å². The quantitative estimate of drug-likeness (QED) is 0.734. The maximum atomic E-state index is 6.02. The van der Waals surface area contributed by atoms with Gasteiger partial charge in [-0.15, -0.1) is 0 Å². The molecule has 0 aromatic carbocycles. The van der Waals surface area contributed by atoms with Crippen LogP contribution in [0.25, 0.3) is 0 Å². The van der Waals surface area contributed by atoms with Crippen molar-refractivity contribution in [2.75, 3.05) is 6.61 Å². The highest BCUT2D eigenvalue weighted by Gasteiger charge is 2.39. The molecular weight excluding hydrogens is 174 g/mol. The van der Waals surface area contributed by atoms with Gasteiger partial charge < -0.3 is 10.1 Å². The lowest BCUT2D eigenvalue weighted by molar-refractivity contribution is -0.0800. The Bertz CT molecular complexity index is 189. The van der Waals surface area contributed by atoms with Crippen molar-refractivity contribution in [1.29, 1.82) is 0 Å². The summed E-state index contributed by atoms with van der Waals surface area (Å²) >= 11 is 0. The van der Waals surface area contributed by atoms with Crippen LogP contribution in [-0.4, -0.2) is 24.3 Å². The van der Waals surface area contributed by atoms with E-state index in [1.165, 1.54) is 38.5 Å². The molecular formula is C12H23NO. The van der Waals surface area contributed by atoms with Crippen LogP contribution in [0.3, 0.4) is 0 Å². The molecule has 0 bridgehead atoms. The molecule has 1 saturated heterocycles. The summed E-state index contributed by atoms with van der Waals surface area (Å²) in [6.45, 7) is 5.45. The van der Waals surface area contributed by atoms with Gasteiger partial charge in [0.2, 0.25) is 0 Å². The summed E-state index contributed by atoms with van der Waals surface area (Å²) in [4.78, 5) is 0. The average molecular weight is 197 g/mol. The topological polar surface area (TPSA) is 21.3 Å². The van der Waals surface area contributed by atoms with Crippen molar-refractivity contribution in [3.8, 4) is 0 Å². The van der Waals surface area contributed by atoms with E-state index >= 15 is 0 Å². The summed E-state index contributed by atoms with van der Waals surface area (Å²) in [5.74, 6) is 0. The van der Waals surface area contributed by atoms with Crippen molar-refractivity contribution in [2.45, 2.75) is 70.1 Å². The molecule has 1 aliphatic heterocycles. The number of rotatable bonds is 2. The molecule has 2 heteroatoms. The van der Waals surface area contributed by atoms with E-state index in [4.69, 9.17) is 4.74 Å². The van der Waals surface area contributed by atoms with Gasteiger partial charge in [-0.3, -0.25) is 0 Å². The van der Waals surface area contributed by atoms with Gasteiger partial charge in [-0.25, -0.2) is 0 Å². The first-order valence-corrected chi connectivity index (χ1v) is 6.19. The molecule has 82 valence electrons. The average Bonchev–Trinajstić information content (AvgIpc) is 2.28. The Hall–Kier alpha value is -0.0800. The molecule has 0 aromatic rings. The van der Waals surface area contributed by atoms with Crippen LogP contribution in [-0.2, 0) is 4.74 Å². The van der Waals surface area contributed by atoms with E-state index in [1.54, 1.807) is 0 Å². The number of nitrogens with one attached hydrogen (secondary N) is 1. The van der Waals surface area contributed by atoms with Gasteiger partial charge in [-0.05, 0) is 25.7 Å². The SMILES string of the molecule is CCC1(CC)COC2CCCCC2N1. The fraction of sp³-hybridized carbons (Fsp3) is 1.00. The molecule has 0 amide bonds. The molecule has 1 saturated carbocycles. The molecule has 14 heavy (non-hydrogen) atoms. The van der Waals surface area contributed by atoms with Crippen molar-refractivity contribution in [3.05, 3.63) is 0 Å². The third kappa shape index (κ3) is 1.82. The van der Waals surface area contributed by atoms with Gasteiger partial charge in [-0.2, -0.15) is 0 Å². The first kappa shape index (κ1) is 10.4. The van der Waals surface area contributed by atoms with Crippen LogP contribution in [0.1, 0.15) is 52.4 Å². The highest BCUT2D eigenvalue weighted by molar-refractivity contribution is 4.97. The molecule has 2 aliphatic rings. The second kappa shape index (κ2) is 4.19. The Balaban J connectivity index is 2.01. The Kier molecular flexibility index (Phi) is 3.13. The van der Waals surface area contributed by atoms with E-state index in [9.17, 15) is 0 Å². The fourth-order valence-electron chi connectivity index (χ4n) is 2.82. The van der Waals surface area contributed by atoms with Crippen LogP contribution in [0.4, 0.5) is 0 Å². The zero-order valence-electron chi connectivity index (χ0n) is 9.51. The normalized spacial score (nSPS) is 36.4. The van der Waals surface area contributed by atoms with Gasteiger partial charge in [0, 0.05) is 11.6 Å². The van der Waals surface area contributed by atoms with E-state index < -0.39 is 0 Å². The Morgan fingerprint density at radius 2 is 1.93 bits per heavy atom. The van der Waals surface area contributed by atoms with Gasteiger partial charge in [0.15, 0.2) is 0 Å². The minimum atomic E-state index is 0.276. The van der Waals surface area contributed by atoms with Crippen LogP contribution in [0.5, 0.6) is 0 Å². The minimum absolute atomic E-state index is 0.276. The van der Waals surface area contributed by atoms with E-state index in [1.807, 2.05) is 0 Å². The number of fused-ring (bicyclic) bond motifs is 1. The maximum absolute atomic E-state index is 6.02. The lowest BCUT2D eigenvalue weighted by Gasteiger charge is -2.47. The second-order valence-electron chi connectivity index (χ2n) is 4.87. The minimum Gasteiger partial charge on any atom is -0.375 e. The molecule has 2 fully saturated rings.